The molecule has 10 rings (SSSR count). The fraction of sp³-hybridized carbons (Fsp3) is 0.375. The first-order valence-electron chi connectivity index (χ1n) is 22.9. The van der Waals surface area contributed by atoms with E-state index in [4.69, 9.17) is 9.47 Å². The second kappa shape index (κ2) is 22.0. The molecule has 2 aliphatic heterocycles. The first-order chi connectivity index (χ1) is 34.0. The van der Waals surface area contributed by atoms with Gasteiger partial charge in [0.1, 0.15) is 11.0 Å². The number of hydrogen-bond donors (Lipinski definition) is 8. The number of amides is 4. The van der Waals surface area contributed by atoms with Crippen molar-refractivity contribution >= 4 is 92.0 Å². The highest BCUT2D eigenvalue weighted by atomic mass is 32.2. The molecular weight excluding hydrogens is 937 g/mol. The molecule has 0 radical (unpaired) electrons. The number of carbonyl (C=O) groups is 4. The predicted octanol–water partition coefficient (Wildman–Crippen LogP) is 4.67. The summed E-state index contributed by atoms with van der Waals surface area (Å²) >= 11 is 2.94. The van der Waals surface area contributed by atoms with Crippen molar-refractivity contribution < 1.29 is 38.9 Å². The van der Waals surface area contributed by atoms with E-state index in [1.807, 2.05) is 12.1 Å². The molecule has 364 valence electrons. The first-order valence-corrected chi connectivity index (χ1v) is 24.8. The topological polar surface area (TPSA) is 277 Å². The Hall–Kier alpha value is -6.56. The molecule has 4 aliphatic rings. The van der Waals surface area contributed by atoms with Crippen molar-refractivity contribution in [2.24, 2.45) is 11.8 Å². The van der Waals surface area contributed by atoms with E-state index in [-0.39, 0.29) is 47.5 Å². The van der Waals surface area contributed by atoms with Crippen LogP contribution in [0.5, 0.6) is 11.8 Å². The van der Waals surface area contributed by atoms with Gasteiger partial charge in [-0.05, 0) is 74.9 Å². The lowest BCUT2D eigenvalue weighted by molar-refractivity contribution is -0.123. The number of pyridine rings is 6. The minimum atomic E-state index is -0.667. The van der Waals surface area contributed by atoms with E-state index >= 15 is 0 Å². The Morgan fingerprint density at radius 2 is 1.09 bits per heavy atom. The summed E-state index contributed by atoms with van der Waals surface area (Å²) in [4.78, 5) is 77.5. The van der Waals surface area contributed by atoms with Crippen LogP contribution in [0.3, 0.4) is 0 Å². The summed E-state index contributed by atoms with van der Waals surface area (Å²) in [6.45, 7) is 0.922. The maximum Gasteiger partial charge on any atom is 0.234 e. The van der Waals surface area contributed by atoms with Gasteiger partial charge in [0.2, 0.25) is 35.4 Å². The number of aromatic nitrogens is 6. The lowest BCUT2D eigenvalue weighted by Crippen LogP contribution is -2.46. The van der Waals surface area contributed by atoms with Crippen LogP contribution in [0.15, 0.2) is 83.1 Å². The van der Waals surface area contributed by atoms with E-state index in [0.29, 0.717) is 108 Å². The van der Waals surface area contributed by atoms with Crippen LogP contribution >= 0.6 is 23.5 Å². The number of nitrogens with zero attached hydrogens (tertiary/aromatic N) is 6. The summed E-state index contributed by atoms with van der Waals surface area (Å²) in [7, 11) is 3.07. The number of methoxy groups -OCH3 is 2. The second-order valence-corrected chi connectivity index (χ2v) is 19.3. The molecule has 0 spiro atoms. The van der Waals surface area contributed by atoms with Crippen LogP contribution in [0.2, 0.25) is 0 Å². The number of nitrogens with one attached hydrogen (secondary N) is 6. The Morgan fingerprint density at radius 3 is 1.50 bits per heavy atom. The summed E-state index contributed by atoms with van der Waals surface area (Å²) < 4.78 is 10.4. The van der Waals surface area contributed by atoms with Gasteiger partial charge in [-0.15, -0.1) is 23.5 Å². The Morgan fingerprint density at radius 1 is 0.643 bits per heavy atom. The van der Waals surface area contributed by atoms with Crippen molar-refractivity contribution in [3.8, 4) is 11.8 Å². The molecule has 70 heavy (non-hydrogen) atoms. The number of fused-ring (bicyclic) bond motifs is 4. The highest BCUT2D eigenvalue weighted by Gasteiger charge is 2.34. The van der Waals surface area contributed by atoms with E-state index in [1.165, 1.54) is 37.7 Å². The molecule has 8 N–H and O–H groups in total. The fourth-order valence-corrected chi connectivity index (χ4v) is 10.4. The Balaban J connectivity index is 0.000000174. The number of thioether (sulfide) groups is 2. The van der Waals surface area contributed by atoms with Gasteiger partial charge >= 0.3 is 0 Å². The van der Waals surface area contributed by atoms with Crippen molar-refractivity contribution in [2.45, 2.75) is 85.7 Å². The maximum absolute atomic E-state index is 13.0. The molecule has 2 fully saturated rings. The maximum atomic E-state index is 13.0. The third kappa shape index (κ3) is 11.5. The Bertz CT molecular complexity index is 2740. The normalized spacial score (nSPS) is 21.8. The standard InChI is InChI=1S/2C24H26N6O4S/c2*1-34-22-5-4-16-23(30-22)17(6-7-25-16)29-24(33)13-2-3-15(19(31)8-13)27-10-14-9-18-20(11-26-14)35-12-21(32)28-18/h2*4-7,9,11,13,15,19,27,31H,2-3,8,10,12H2,1H3,(H,28,32)(H,25,29,33)/t2*13-,15-,19-/m10/s1. The number of hydrogen-bond acceptors (Lipinski definition) is 18. The molecule has 0 unspecified atom stereocenters. The highest BCUT2D eigenvalue weighted by Crippen LogP contribution is 2.34. The molecular formula is C48H52N12O8S2. The first kappa shape index (κ1) is 48.5. The smallest absolute Gasteiger partial charge is 0.234 e. The van der Waals surface area contributed by atoms with Crippen molar-refractivity contribution in [1.82, 2.24) is 40.5 Å². The predicted molar refractivity (Wildman–Crippen MR) is 265 cm³/mol. The molecule has 0 aromatic carbocycles. The van der Waals surface area contributed by atoms with Crippen LogP contribution in [-0.4, -0.2) is 114 Å². The molecule has 0 saturated heterocycles. The largest absolute Gasteiger partial charge is 0.481 e. The monoisotopic (exact) mass is 988 g/mol. The number of aliphatic hydroxyl groups is 2. The number of carbonyl (C=O) groups excluding carboxylic acids is 4. The SMILES string of the molecule is COc1ccc2nccc(NC(=O)[C@@H]3CC[C@@H](NCc4cc5c(cn4)SCC(=O)N5)[C@H](O)C3)c2n1.COc1ccc2nccc(NC(=O)[C@H]3CC[C@H](NCc4cc5c(cn4)SCC(=O)N5)[C@@H](O)C3)c2n1. The van der Waals surface area contributed by atoms with Gasteiger partial charge in [0.05, 0.1) is 83.1 Å². The Labute approximate surface area is 410 Å². The second-order valence-electron chi connectivity index (χ2n) is 17.3. The van der Waals surface area contributed by atoms with E-state index in [9.17, 15) is 29.4 Å². The fourth-order valence-electron chi connectivity index (χ4n) is 8.88. The highest BCUT2D eigenvalue weighted by molar-refractivity contribution is 8.00. The average Bonchev–Trinajstić information content (AvgIpc) is 3.37. The molecule has 6 aromatic rings. The molecule has 4 amide bonds. The van der Waals surface area contributed by atoms with Crippen LogP contribution in [0.4, 0.5) is 22.7 Å². The third-order valence-electron chi connectivity index (χ3n) is 12.6. The van der Waals surface area contributed by atoms with Crippen molar-refractivity contribution in [2.75, 3.05) is 47.0 Å². The summed E-state index contributed by atoms with van der Waals surface area (Å²) in [5, 5.41) is 39.8. The quantitative estimate of drug-likeness (QED) is 0.0827. The van der Waals surface area contributed by atoms with Crippen LogP contribution < -0.4 is 41.4 Å². The van der Waals surface area contributed by atoms with Gasteiger partial charge in [0.15, 0.2) is 0 Å². The zero-order valence-electron chi connectivity index (χ0n) is 38.3. The Kier molecular flexibility index (Phi) is 15.3. The van der Waals surface area contributed by atoms with Crippen molar-refractivity contribution in [3.63, 3.8) is 0 Å². The van der Waals surface area contributed by atoms with E-state index in [2.05, 4.69) is 61.8 Å². The molecule has 0 bridgehead atoms. The third-order valence-corrected chi connectivity index (χ3v) is 14.7. The van der Waals surface area contributed by atoms with E-state index in [0.717, 1.165) is 32.6 Å². The summed E-state index contributed by atoms with van der Waals surface area (Å²) in [6.07, 6.45) is 8.75. The number of rotatable bonds is 12. The molecule has 6 aromatic heterocycles. The van der Waals surface area contributed by atoms with Gasteiger partial charge in [-0.1, -0.05) is 0 Å². The van der Waals surface area contributed by atoms with Gasteiger partial charge in [-0.25, -0.2) is 9.97 Å². The summed E-state index contributed by atoms with van der Waals surface area (Å²) in [5.74, 6) is 0.721. The van der Waals surface area contributed by atoms with E-state index in [1.54, 1.807) is 61.2 Å². The van der Waals surface area contributed by atoms with Gasteiger partial charge in [0.25, 0.3) is 0 Å². The molecule has 8 heterocycles. The summed E-state index contributed by atoms with van der Waals surface area (Å²) in [5.41, 5.74) is 6.68. The minimum absolute atomic E-state index is 0.0192. The molecule has 6 atom stereocenters. The lowest BCUT2D eigenvalue weighted by Gasteiger charge is -2.33. The van der Waals surface area contributed by atoms with Crippen LogP contribution in [0.1, 0.15) is 49.9 Å². The minimum Gasteiger partial charge on any atom is -0.481 e. The molecule has 2 saturated carbocycles. The number of anilines is 4. The van der Waals surface area contributed by atoms with Crippen molar-refractivity contribution in [1.29, 1.82) is 0 Å². The molecule has 20 nitrogen and oxygen atoms in total. The van der Waals surface area contributed by atoms with Gasteiger partial charge in [0, 0.05) is 83.7 Å². The van der Waals surface area contributed by atoms with Crippen LogP contribution in [0.25, 0.3) is 22.1 Å². The van der Waals surface area contributed by atoms with Crippen molar-refractivity contribution in [3.05, 3.63) is 84.7 Å². The molecule has 22 heteroatoms. The van der Waals surface area contributed by atoms with Crippen LogP contribution in [0, 0.1) is 11.8 Å². The zero-order chi connectivity index (χ0) is 48.7. The van der Waals surface area contributed by atoms with Gasteiger partial charge in [-0.3, -0.25) is 39.1 Å². The van der Waals surface area contributed by atoms with Crippen LogP contribution in [-0.2, 0) is 32.3 Å². The molecule has 2 aliphatic carbocycles. The average molecular weight is 989 g/mol. The number of ether oxygens (including phenoxy) is 2. The lowest BCUT2D eigenvalue weighted by atomic mass is 9.83. The summed E-state index contributed by atoms with van der Waals surface area (Å²) in [6, 6.07) is 13.9. The zero-order valence-corrected chi connectivity index (χ0v) is 39.9. The van der Waals surface area contributed by atoms with Gasteiger partial charge < -0.3 is 51.6 Å². The van der Waals surface area contributed by atoms with E-state index < -0.39 is 12.2 Å². The number of aliphatic hydroxyl groups excluding tert-OH is 2. The van der Waals surface area contributed by atoms with Gasteiger partial charge in [-0.2, -0.15) is 0 Å².